The maximum absolute atomic E-state index is 11.6. The van der Waals surface area contributed by atoms with E-state index in [1.165, 1.54) is 19.3 Å². The summed E-state index contributed by atoms with van der Waals surface area (Å²) >= 11 is 0. The molecule has 0 amide bonds. The molecule has 2 aliphatic heterocycles. The zero-order chi connectivity index (χ0) is 11.1. The van der Waals surface area contributed by atoms with E-state index in [0.717, 1.165) is 12.8 Å². The predicted molar refractivity (Wildman–Crippen MR) is 62.5 cm³/mol. The number of imidazole rings is 1. The van der Waals surface area contributed by atoms with Gasteiger partial charge in [-0.25, -0.2) is 4.79 Å². The van der Waals surface area contributed by atoms with Crippen molar-refractivity contribution in [1.82, 2.24) is 14.5 Å². The van der Waals surface area contributed by atoms with Crippen LogP contribution in [0, 0.1) is 0 Å². The molecule has 0 aliphatic carbocycles. The minimum absolute atomic E-state index is 0.0487. The summed E-state index contributed by atoms with van der Waals surface area (Å²) in [5.41, 5.74) is 0.0487. The highest BCUT2D eigenvalue weighted by Crippen LogP contribution is 2.37. The topological polar surface area (TPSA) is 41.0 Å². The van der Waals surface area contributed by atoms with Gasteiger partial charge in [0.1, 0.15) is 0 Å². The first-order valence-electron chi connectivity index (χ1n) is 6.23. The van der Waals surface area contributed by atoms with Crippen molar-refractivity contribution >= 4 is 0 Å². The SMILES string of the molecule is CN1C2CCCC1CC(n1cc[nH]c1=O)C2. The third kappa shape index (κ3) is 1.52. The van der Waals surface area contributed by atoms with Gasteiger partial charge < -0.3 is 9.88 Å². The summed E-state index contributed by atoms with van der Waals surface area (Å²) in [6, 6.07) is 1.77. The monoisotopic (exact) mass is 221 g/mol. The molecule has 1 aromatic rings. The van der Waals surface area contributed by atoms with Gasteiger partial charge in [0.2, 0.25) is 0 Å². The molecule has 4 heteroatoms. The zero-order valence-electron chi connectivity index (χ0n) is 9.72. The van der Waals surface area contributed by atoms with E-state index >= 15 is 0 Å². The maximum atomic E-state index is 11.6. The van der Waals surface area contributed by atoms with Gasteiger partial charge in [-0.3, -0.25) is 4.57 Å². The van der Waals surface area contributed by atoms with Crippen LogP contribution in [0.25, 0.3) is 0 Å². The lowest BCUT2D eigenvalue weighted by atomic mass is 9.82. The first-order chi connectivity index (χ1) is 7.75. The molecular weight excluding hydrogens is 202 g/mol. The second-order valence-corrected chi connectivity index (χ2v) is 5.20. The normalized spacial score (nSPS) is 35.2. The van der Waals surface area contributed by atoms with Crippen molar-refractivity contribution in [2.24, 2.45) is 0 Å². The van der Waals surface area contributed by atoms with Crippen molar-refractivity contribution in [3.8, 4) is 0 Å². The molecule has 2 atom stereocenters. The summed E-state index contributed by atoms with van der Waals surface area (Å²) in [4.78, 5) is 16.9. The van der Waals surface area contributed by atoms with Gasteiger partial charge >= 0.3 is 5.69 Å². The molecule has 0 saturated carbocycles. The highest BCUT2D eigenvalue weighted by molar-refractivity contribution is 4.95. The molecule has 2 bridgehead atoms. The highest BCUT2D eigenvalue weighted by Gasteiger charge is 2.36. The van der Waals surface area contributed by atoms with Crippen molar-refractivity contribution < 1.29 is 0 Å². The standard InChI is InChI=1S/C12H19N3O/c1-14-9-3-2-4-10(14)8-11(7-9)15-6-5-13-12(15)16/h5-6,9-11H,2-4,7-8H2,1H3,(H,13,16). The minimum atomic E-state index is 0.0487. The molecule has 1 N–H and O–H groups in total. The number of H-pyrrole nitrogens is 1. The summed E-state index contributed by atoms with van der Waals surface area (Å²) in [7, 11) is 2.24. The zero-order valence-corrected chi connectivity index (χ0v) is 9.72. The lowest BCUT2D eigenvalue weighted by Crippen LogP contribution is -2.50. The van der Waals surface area contributed by atoms with Gasteiger partial charge in [-0.2, -0.15) is 0 Å². The number of nitrogens with zero attached hydrogens (tertiary/aromatic N) is 2. The number of fused-ring (bicyclic) bond motifs is 2. The summed E-state index contributed by atoms with van der Waals surface area (Å²) in [6.45, 7) is 0. The van der Waals surface area contributed by atoms with E-state index in [1.54, 1.807) is 6.20 Å². The van der Waals surface area contributed by atoms with Gasteiger partial charge in [0.25, 0.3) is 0 Å². The van der Waals surface area contributed by atoms with E-state index in [-0.39, 0.29) is 5.69 Å². The third-order valence-corrected chi connectivity index (χ3v) is 4.38. The molecule has 2 saturated heterocycles. The molecule has 2 fully saturated rings. The molecule has 0 aromatic carbocycles. The summed E-state index contributed by atoms with van der Waals surface area (Å²) < 4.78 is 1.89. The molecule has 1 aromatic heterocycles. The Balaban J connectivity index is 1.85. The van der Waals surface area contributed by atoms with Crippen LogP contribution in [0.3, 0.4) is 0 Å². The Hall–Kier alpha value is -1.03. The quantitative estimate of drug-likeness (QED) is 0.778. The maximum Gasteiger partial charge on any atom is 0.325 e. The number of aromatic amines is 1. The van der Waals surface area contributed by atoms with E-state index in [4.69, 9.17) is 0 Å². The smallest absolute Gasteiger partial charge is 0.313 e. The number of piperidine rings is 2. The molecule has 4 nitrogen and oxygen atoms in total. The Bertz CT molecular complexity index is 408. The van der Waals surface area contributed by atoms with Crippen molar-refractivity contribution in [3.05, 3.63) is 22.9 Å². The first-order valence-corrected chi connectivity index (χ1v) is 6.23. The lowest BCUT2D eigenvalue weighted by molar-refractivity contribution is 0.0392. The summed E-state index contributed by atoms with van der Waals surface area (Å²) in [6.07, 6.45) is 9.85. The van der Waals surface area contributed by atoms with Crippen LogP contribution in [-0.4, -0.2) is 33.6 Å². The number of hydrogen-bond donors (Lipinski definition) is 1. The number of rotatable bonds is 1. The summed E-state index contributed by atoms with van der Waals surface area (Å²) in [5.74, 6) is 0. The third-order valence-electron chi connectivity index (χ3n) is 4.38. The van der Waals surface area contributed by atoms with Gasteiger partial charge in [0.05, 0.1) is 0 Å². The predicted octanol–water partition coefficient (Wildman–Crippen LogP) is 1.36. The molecule has 0 spiro atoms. The van der Waals surface area contributed by atoms with E-state index in [9.17, 15) is 4.79 Å². The molecule has 88 valence electrons. The van der Waals surface area contributed by atoms with Gasteiger partial charge in [-0.05, 0) is 32.7 Å². The summed E-state index contributed by atoms with van der Waals surface area (Å²) in [5, 5.41) is 0. The van der Waals surface area contributed by atoms with Crippen LogP contribution in [-0.2, 0) is 0 Å². The van der Waals surface area contributed by atoms with Crippen LogP contribution >= 0.6 is 0 Å². The number of aromatic nitrogens is 2. The van der Waals surface area contributed by atoms with E-state index in [2.05, 4.69) is 16.9 Å². The van der Waals surface area contributed by atoms with Crippen LogP contribution < -0.4 is 5.69 Å². The fourth-order valence-electron chi connectivity index (χ4n) is 3.43. The molecule has 3 heterocycles. The van der Waals surface area contributed by atoms with Crippen LogP contribution in [0.4, 0.5) is 0 Å². The van der Waals surface area contributed by atoms with Crippen molar-refractivity contribution in [3.63, 3.8) is 0 Å². The molecule has 2 unspecified atom stereocenters. The van der Waals surface area contributed by atoms with Crippen LogP contribution in [0.5, 0.6) is 0 Å². The van der Waals surface area contributed by atoms with E-state index < -0.39 is 0 Å². The molecule has 16 heavy (non-hydrogen) atoms. The molecule has 3 rings (SSSR count). The fraction of sp³-hybridized carbons (Fsp3) is 0.750. The number of hydrogen-bond acceptors (Lipinski definition) is 2. The first kappa shape index (κ1) is 10.1. The second-order valence-electron chi connectivity index (χ2n) is 5.20. The van der Waals surface area contributed by atoms with Crippen LogP contribution in [0.1, 0.15) is 38.1 Å². The van der Waals surface area contributed by atoms with Gasteiger partial charge in [0.15, 0.2) is 0 Å². The van der Waals surface area contributed by atoms with Gasteiger partial charge in [0, 0.05) is 30.5 Å². The van der Waals surface area contributed by atoms with Gasteiger partial charge in [-0.15, -0.1) is 0 Å². The van der Waals surface area contributed by atoms with Crippen molar-refractivity contribution in [1.29, 1.82) is 0 Å². The Morgan fingerprint density at radius 1 is 1.25 bits per heavy atom. The Labute approximate surface area is 95.3 Å². The molecule has 2 aliphatic rings. The van der Waals surface area contributed by atoms with E-state index in [1.807, 2.05) is 10.8 Å². The average molecular weight is 221 g/mol. The molecular formula is C12H19N3O. The van der Waals surface area contributed by atoms with E-state index in [0.29, 0.717) is 18.1 Å². The van der Waals surface area contributed by atoms with Crippen molar-refractivity contribution in [2.75, 3.05) is 7.05 Å². The Kier molecular flexibility index (Phi) is 2.39. The average Bonchev–Trinajstić information content (AvgIpc) is 2.64. The number of nitrogens with one attached hydrogen (secondary N) is 1. The largest absolute Gasteiger partial charge is 0.325 e. The van der Waals surface area contributed by atoms with Crippen LogP contribution in [0.2, 0.25) is 0 Å². The Morgan fingerprint density at radius 3 is 2.50 bits per heavy atom. The van der Waals surface area contributed by atoms with Crippen LogP contribution in [0.15, 0.2) is 17.2 Å². The second kappa shape index (κ2) is 3.77. The highest BCUT2D eigenvalue weighted by atomic mass is 16.1. The Morgan fingerprint density at radius 2 is 1.94 bits per heavy atom. The van der Waals surface area contributed by atoms with Gasteiger partial charge in [-0.1, -0.05) is 6.42 Å². The lowest BCUT2D eigenvalue weighted by Gasteiger charge is -2.47. The van der Waals surface area contributed by atoms with Crippen molar-refractivity contribution in [2.45, 2.75) is 50.2 Å². The fourth-order valence-corrected chi connectivity index (χ4v) is 3.43. The molecule has 0 radical (unpaired) electrons. The minimum Gasteiger partial charge on any atom is -0.313 e.